The van der Waals surface area contributed by atoms with E-state index >= 15 is 0 Å². The van der Waals surface area contributed by atoms with Crippen LogP contribution in [0.4, 0.5) is 0 Å². The lowest BCUT2D eigenvalue weighted by atomic mass is 10.1. The summed E-state index contributed by atoms with van der Waals surface area (Å²) in [7, 11) is 1.47. The predicted octanol–water partition coefficient (Wildman–Crippen LogP) is -2.99. The number of rotatable bonds is 2. The van der Waals surface area contributed by atoms with Crippen LogP contribution in [0.25, 0.3) is 11.0 Å². The molecule has 3 rings (SSSR count). The number of nitriles is 1. The average molecular weight is 308 g/mol. The van der Waals surface area contributed by atoms with Crippen molar-refractivity contribution in [2.75, 3.05) is 6.61 Å². The maximum Gasteiger partial charge on any atom is 0.298 e. The van der Waals surface area contributed by atoms with Gasteiger partial charge in [-0.3, -0.25) is 9.48 Å². The SMILES string of the molecule is Cn1nc(C#N)c2nnn(C3OC(CO)C(O)C3O)c(=O)c21. The Bertz CT molecular complexity index is 823. The largest absolute Gasteiger partial charge is 0.394 e. The van der Waals surface area contributed by atoms with Gasteiger partial charge in [0.25, 0.3) is 5.56 Å². The van der Waals surface area contributed by atoms with Gasteiger partial charge in [-0.25, -0.2) is 0 Å². The van der Waals surface area contributed by atoms with E-state index in [0.29, 0.717) is 0 Å². The molecule has 3 heterocycles. The maximum absolute atomic E-state index is 12.5. The Morgan fingerprint density at radius 1 is 1.41 bits per heavy atom. The van der Waals surface area contributed by atoms with E-state index in [9.17, 15) is 15.0 Å². The molecule has 3 N–H and O–H groups in total. The molecular weight excluding hydrogens is 296 g/mol. The molecule has 11 nitrogen and oxygen atoms in total. The molecule has 1 aliphatic heterocycles. The van der Waals surface area contributed by atoms with Crippen molar-refractivity contribution in [2.24, 2.45) is 7.05 Å². The van der Waals surface area contributed by atoms with E-state index in [2.05, 4.69) is 15.4 Å². The van der Waals surface area contributed by atoms with Crippen molar-refractivity contribution in [1.82, 2.24) is 24.8 Å². The highest BCUT2D eigenvalue weighted by Crippen LogP contribution is 2.27. The minimum atomic E-state index is -1.45. The van der Waals surface area contributed by atoms with Crippen LogP contribution in [0.5, 0.6) is 0 Å². The standard InChI is InChI=1S/C11H12N6O5/c1-16-7-6(4(2-12)14-16)13-15-17(10(7)21)11-9(20)8(19)5(3-18)22-11/h5,8-9,11,18-20H,3H2,1H3. The smallest absolute Gasteiger partial charge is 0.298 e. The Hall–Kier alpha value is -2.39. The molecule has 4 unspecified atom stereocenters. The molecule has 0 aliphatic carbocycles. The summed E-state index contributed by atoms with van der Waals surface area (Å²) in [6.07, 6.45) is -5.14. The monoisotopic (exact) mass is 308 g/mol. The summed E-state index contributed by atoms with van der Waals surface area (Å²) in [6.45, 7) is -0.524. The van der Waals surface area contributed by atoms with Crippen molar-refractivity contribution < 1.29 is 20.1 Å². The summed E-state index contributed by atoms with van der Waals surface area (Å²) >= 11 is 0. The number of hydrogen-bond acceptors (Lipinski definition) is 9. The fraction of sp³-hybridized carbons (Fsp3) is 0.545. The summed E-state index contributed by atoms with van der Waals surface area (Å²) in [5, 5.41) is 48.9. The molecule has 0 bridgehead atoms. The first-order valence-electron chi connectivity index (χ1n) is 6.34. The van der Waals surface area contributed by atoms with E-state index in [-0.39, 0.29) is 16.7 Å². The topological polar surface area (TPSA) is 159 Å². The maximum atomic E-state index is 12.5. The lowest BCUT2D eigenvalue weighted by molar-refractivity contribution is -0.0619. The Labute approximate surface area is 122 Å². The second kappa shape index (κ2) is 5.11. The lowest BCUT2D eigenvalue weighted by Crippen LogP contribution is -2.37. The van der Waals surface area contributed by atoms with Gasteiger partial charge in [-0.15, -0.1) is 5.10 Å². The third kappa shape index (κ3) is 1.90. The molecule has 1 aliphatic rings. The van der Waals surface area contributed by atoms with Gasteiger partial charge in [0.1, 0.15) is 24.4 Å². The van der Waals surface area contributed by atoms with Crippen LogP contribution in [0, 0.1) is 11.3 Å². The molecule has 116 valence electrons. The highest BCUT2D eigenvalue weighted by Gasteiger charge is 2.44. The van der Waals surface area contributed by atoms with E-state index in [4.69, 9.17) is 15.1 Å². The van der Waals surface area contributed by atoms with Crippen LogP contribution in [0.15, 0.2) is 4.79 Å². The van der Waals surface area contributed by atoms with Crippen molar-refractivity contribution in [2.45, 2.75) is 24.5 Å². The zero-order chi connectivity index (χ0) is 16.0. The van der Waals surface area contributed by atoms with Crippen LogP contribution in [0.1, 0.15) is 11.9 Å². The molecule has 0 radical (unpaired) electrons. The van der Waals surface area contributed by atoms with E-state index in [1.807, 2.05) is 0 Å². The highest BCUT2D eigenvalue weighted by atomic mass is 16.6. The van der Waals surface area contributed by atoms with E-state index in [1.54, 1.807) is 6.07 Å². The first-order valence-corrected chi connectivity index (χ1v) is 6.34. The molecule has 22 heavy (non-hydrogen) atoms. The number of aryl methyl sites for hydroxylation is 1. The zero-order valence-electron chi connectivity index (χ0n) is 11.4. The van der Waals surface area contributed by atoms with Gasteiger partial charge in [-0.1, -0.05) is 5.21 Å². The van der Waals surface area contributed by atoms with Gasteiger partial charge in [0, 0.05) is 7.05 Å². The molecule has 2 aromatic rings. The number of fused-ring (bicyclic) bond motifs is 1. The minimum absolute atomic E-state index is 0.0179. The van der Waals surface area contributed by atoms with Gasteiger partial charge in [-0.05, 0) is 0 Å². The first-order chi connectivity index (χ1) is 10.5. The summed E-state index contributed by atoms with van der Waals surface area (Å²) in [6, 6.07) is 1.80. The third-order valence-corrected chi connectivity index (χ3v) is 3.54. The highest BCUT2D eigenvalue weighted by molar-refractivity contribution is 5.78. The van der Waals surface area contributed by atoms with Crippen molar-refractivity contribution in [3.63, 3.8) is 0 Å². The normalized spacial score (nSPS) is 28.1. The molecule has 0 aromatic carbocycles. The number of aliphatic hydroxyl groups is 3. The van der Waals surface area contributed by atoms with Crippen molar-refractivity contribution >= 4 is 11.0 Å². The van der Waals surface area contributed by atoms with Crippen LogP contribution >= 0.6 is 0 Å². The predicted molar refractivity (Wildman–Crippen MR) is 68.3 cm³/mol. The van der Waals surface area contributed by atoms with Crippen LogP contribution in [0.2, 0.25) is 0 Å². The van der Waals surface area contributed by atoms with E-state index in [1.165, 1.54) is 11.7 Å². The summed E-state index contributed by atoms with van der Waals surface area (Å²) in [5.41, 5.74) is -0.672. The van der Waals surface area contributed by atoms with Gasteiger partial charge in [-0.2, -0.15) is 15.0 Å². The van der Waals surface area contributed by atoms with Crippen molar-refractivity contribution in [3.05, 3.63) is 16.0 Å². The van der Waals surface area contributed by atoms with Gasteiger partial charge in [0.15, 0.2) is 23.0 Å². The summed E-state index contributed by atoms with van der Waals surface area (Å²) < 4.78 is 7.18. The number of ether oxygens (including phenoxy) is 1. The fourth-order valence-electron chi connectivity index (χ4n) is 2.41. The van der Waals surface area contributed by atoms with Gasteiger partial charge in [0.05, 0.1) is 6.61 Å². The van der Waals surface area contributed by atoms with Gasteiger partial charge in [0.2, 0.25) is 0 Å². The van der Waals surface area contributed by atoms with E-state index < -0.39 is 36.7 Å². The Kier molecular flexibility index (Phi) is 3.38. The Morgan fingerprint density at radius 2 is 2.14 bits per heavy atom. The molecular formula is C11H12N6O5. The quantitative estimate of drug-likeness (QED) is 0.525. The van der Waals surface area contributed by atoms with Crippen LogP contribution < -0.4 is 5.56 Å². The molecule has 2 aromatic heterocycles. The zero-order valence-corrected chi connectivity index (χ0v) is 11.4. The van der Waals surface area contributed by atoms with E-state index in [0.717, 1.165) is 4.68 Å². The number of hydrogen-bond donors (Lipinski definition) is 3. The summed E-state index contributed by atoms with van der Waals surface area (Å²) in [5.74, 6) is 0. The van der Waals surface area contributed by atoms with Crippen LogP contribution in [-0.2, 0) is 11.8 Å². The van der Waals surface area contributed by atoms with Crippen molar-refractivity contribution in [1.29, 1.82) is 5.26 Å². The third-order valence-electron chi connectivity index (χ3n) is 3.54. The molecule has 1 saturated heterocycles. The number of aromatic nitrogens is 5. The van der Waals surface area contributed by atoms with Crippen molar-refractivity contribution in [3.8, 4) is 6.07 Å². The molecule has 4 atom stereocenters. The number of nitrogens with zero attached hydrogens (tertiary/aromatic N) is 6. The van der Waals surface area contributed by atoms with Crippen LogP contribution in [-0.4, -0.2) is 65.0 Å². The lowest BCUT2D eigenvalue weighted by Gasteiger charge is -2.15. The Morgan fingerprint density at radius 3 is 2.73 bits per heavy atom. The fourth-order valence-corrected chi connectivity index (χ4v) is 2.41. The second-order valence-corrected chi connectivity index (χ2v) is 4.85. The molecule has 1 fully saturated rings. The number of aliphatic hydroxyl groups excluding tert-OH is 3. The molecule has 0 saturated carbocycles. The average Bonchev–Trinajstić information content (AvgIpc) is 2.99. The molecule has 0 spiro atoms. The molecule has 0 amide bonds. The Balaban J connectivity index is 2.14. The first kappa shape index (κ1) is 14.5. The minimum Gasteiger partial charge on any atom is -0.394 e. The van der Waals surface area contributed by atoms with Gasteiger partial charge >= 0.3 is 0 Å². The van der Waals surface area contributed by atoms with Gasteiger partial charge < -0.3 is 20.1 Å². The molecule has 11 heteroatoms. The summed E-state index contributed by atoms with van der Waals surface area (Å²) in [4.78, 5) is 12.5. The second-order valence-electron chi connectivity index (χ2n) is 4.85. The van der Waals surface area contributed by atoms with Crippen LogP contribution in [0.3, 0.4) is 0 Å².